The Hall–Kier alpha value is -1.73. The summed E-state index contributed by atoms with van der Waals surface area (Å²) in [6, 6.07) is 7.86. The topological polar surface area (TPSA) is 77.8 Å². The number of carbonyl (C=O) groups excluding carboxylic acids is 1. The maximum Gasteiger partial charge on any atom is 0.255 e. The molecular formula is C17H20BrN3O2S. The van der Waals surface area contributed by atoms with Gasteiger partial charge in [0.2, 0.25) is 5.91 Å². The van der Waals surface area contributed by atoms with Crippen molar-refractivity contribution in [3.63, 3.8) is 0 Å². The number of carbonyl (C=O) groups is 1. The Morgan fingerprint density at radius 3 is 2.54 bits per heavy atom. The van der Waals surface area contributed by atoms with Crippen molar-refractivity contribution in [2.45, 2.75) is 39.2 Å². The molecule has 1 aromatic heterocycles. The Labute approximate surface area is 154 Å². The Kier molecular flexibility index (Phi) is 6.51. The van der Waals surface area contributed by atoms with E-state index in [1.165, 1.54) is 0 Å². The second kappa shape index (κ2) is 8.39. The maximum absolute atomic E-state index is 12.3. The number of amides is 1. The Bertz CT molecular complexity index is 827. The highest BCUT2D eigenvalue weighted by molar-refractivity contribution is 9.10. The molecule has 0 aliphatic heterocycles. The average molecular weight is 410 g/mol. The summed E-state index contributed by atoms with van der Waals surface area (Å²) in [6.45, 7) is 3.81. The molecule has 0 saturated heterocycles. The fourth-order valence-electron chi connectivity index (χ4n) is 2.55. The van der Waals surface area contributed by atoms with Gasteiger partial charge in [0.1, 0.15) is 0 Å². The predicted molar refractivity (Wildman–Crippen MR) is 101 cm³/mol. The number of halogens is 1. The number of nitrogens with one attached hydrogen (secondary N) is 3. The molecule has 0 saturated carbocycles. The number of benzene rings is 1. The highest BCUT2D eigenvalue weighted by Gasteiger charge is 2.14. The molecule has 1 heterocycles. The van der Waals surface area contributed by atoms with E-state index in [2.05, 4.69) is 31.2 Å². The minimum Gasteiger partial charge on any atom is -0.349 e. The standard InChI is InChI=1S/C17H20BrN3O2S/c1-3-14(11-4-6-12(18)7-5-11)20-15(22)9-8-13-10(2)19-17(24)21-16(13)23/h4-7,14H,3,8-9H2,1-2H3,(H,20,22)(H2,19,21,23,24). The lowest BCUT2D eigenvalue weighted by molar-refractivity contribution is -0.121. The third kappa shape index (κ3) is 4.88. The van der Waals surface area contributed by atoms with Crippen molar-refractivity contribution < 1.29 is 4.79 Å². The normalized spacial score (nSPS) is 12.0. The molecule has 0 fully saturated rings. The van der Waals surface area contributed by atoms with Gasteiger partial charge in [-0.05, 0) is 49.7 Å². The first kappa shape index (κ1) is 18.6. The van der Waals surface area contributed by atoms with Gasteiger partial charge < -0.3 is 10.3 Å². The van der Waals surface area contributed by atoms with Gasteiger partial charge in [-0.1, -0.05) is 35.0 Å². The highest BCUT2D eigenvalue weighted by atomic mass is 79.9. The van der Waals surface area contributed by atoms with Crippen LogP contribution in [0.15, 0.2) is 33.5 Å². The van der Waals surface area contributed by atoms with Gasteiger partial charge in [0.05, 0.1) is 6.04 Å². The van der Waals surface area contributed by atoms with Gasteiger partial charge in [-0.2, -0.15) is 0 Å². The van der Waals surface area contributed by atoms with E-state index in [1.807, 2.05) is 31.2 Å². The molecule has 0 aliphatic rings. The van der Waals surface area contributed by atoms with E-state index in [1.54, 1.807) is 6.92 Å². The molecule has 0 aliphatic carbocycles. The van der Waals surface area contributed by atoms with E-state index in [0.29, 0.717) is 22.4 Å². The first-order valence-electron chi connectivity index (χ1n) is 7.77. The average Bonchev–Trinajstić information content (AvgIpc) is 2.52. The quantitative estimate of drug-likeness (QED) is 0.636. The molecule has 1 amide bonds. The van der Waals surface area contributed by atoms with Gasteiger partial charge in [-0.25, -0.2) is 0 Å². The molecule has 2 rings (SSSR count). The molecule has 5 nitrogen and oxygen atoms in total. The lowest BCUT2D eigenvalue weighted by Crippen LogP contribution is -2.29. The van der Waals surface area contributed by atoms with Gasteiger partial charge >= 0.3 is 0 Å². The van der Waals surface area contributed by atoms with Crippen molar-refractivity contribution in [1.29, 1.82) is 0 Å². The molecule has 0 radical (unpaired) electrons. The van der Waals surface area contributed by atoms with Crippen LogP contribution >= 0.6 is 28.1 Å². The summed E-state index contributed by atoms with van der Waals surface area (Å²) < 4.78 is 1.30. The molecule has 128 valence electrons. The highest BCUT2D eigenvalue weighted by Crippen LogP contribution is 2.19. The van der Waals surface area contributed by atoms with Crippen molar-refractivity contribution >= 4 is 34.1 Å². The van der Waals surface area contributed by atoms with Crippen LogP contribution in [0.2, 0.25) is 0 Å². The van der Waals surface area contributed by atoms with Crippen LogP contribution in [-0.2, 0) is 11.2 Å². The molecule has 0 bridgehead atoms. The van der Waals surface area contributed by atoms with E-state index >= 15 is 0 Å². The minimum atomic E-state index is -0.232. The number of aromatic amines is 2. The van der Waals surface area contributed by atoms with Crippen LogP contribution in [0.4, 0.5) is 0 Å². The third-order valence-electron chi connectivity index (χ3n) is 3.87. The molecule has 0 spiro atoms. The fraction of sp³-hybridized carbons (Fsp3) is 0.353. The lowest BCUT2D eigenvalue weighted by atomic mass is 10.0. The van der Waals surface area contributed by atoms with Crippen molar-refractivity contribution in [3.8, 4) is 0 Å². The maximum atomic E-state index is 12.3. The summed E-state index contributed by atoms with van der Waals surface area (Å²) in [5.74, 6) is -0.0778. The van der Waals surface area contributed by atoms with Crippen LogP contribution in [0.1, 0.15) is 42.6 Å². The first-order valence-corrected chi connectivity index (χ1v) is 8.97. The summed E-state index contributed by atoms with van der Waals surface area (Å²) in [6.07, 6.45) is 1.42. The van der Waals surface area contributed by atoms with Gasteiger partial charge in [0.15, 0.2) is 4.77 Å². The first-order chi connectivity index (χ1) is 11.4. The van der Waals surface area contributed by atoms with Gasteiger partial charge in [0, 0.05) is 22.2 Å². The number of rotatable bonds is 6. The summed E-state index contributed by atoms with van der Waals surface area (Å²) in [5.41, 5.74) is 2.10. The van der Waals surface area contributed by atoms with Crippen LogP contribution < -0.4 is 10.9 Å². The third-order valence-corrected chi connectivity index (χ3v) is 4.61. The smallest absolute Gasteiger partial charge is 0.255 e. The second-order valence-electron chi connectivity index (χ2n) is 5.59. The van der Waals surface area contributed by atoms with Crippen molar-refractivity contribution in [3.05, 3.63) is 60.7 Å². The largest absolute Gasteiger partial charge is 0.349 e. The molecule has 2 aromatic rings. The van der Waals surface area contributed by atoms with Crippen LogP contribution in [0.25, 0.3) is 0 Å². The van der Waals surface area contributed by atoms with Crippen LogP contribution in [0.5, 0.6) is 0 Å². The summed E-state index contributed by atoms with van der Waals surface area (Å²) in [5, 5.41) is 3.03. The lowest BCUT2D eigenvalue weighted by Gasteiger charge is -2.17. The molecule has 1 unspecified atom stereocenters. The zero-order valence-corrected chi connectivity index (χ0v) is 16.0. The molecular weight excluding hydrogens is 390 g/mol. The van der Waals surface area contributed by atoms with Crippen LogP contribution in [0.3, 0.4) is 0 Å². The van der Waals surface area contributed by atoms with Gasteiger partial charge in [-0.15, -0.1) is 0 Å². The number of H-pyrrole nitrogens is 2. The second-order valence-corrected chi connectivity index (χ2v) is 6.92. The van der Waals surface area contributed by atoms with Crippen LogP contribution in [-0.4, -0.2) is 15.9 Å². The van der Waals surface area contributed by atoms with Crippen molar-refractivity contribution in [1.82, 2.24) is 15.3 Å². The number of hydrogen-bond acceptors (Lipinski definition) is 3. The number of aryl methyl sites for hydroxylation is 1. The van der Waals surface area contributed by atoms with Crippen molar-refractivity contribution in [2.24, 2.45) is 0 Å². The Morgan fingerprint density at radius 1 is 1.29 bits per heavy atom. The van der Waals surface area contributed by atoms with E-state index in [4.69, 9.17) is 12.2 Å². The number of hydrogen-bond donors (Lipinski definition) is 3. The Morgan fingerprint density at radius 2 is 1.96 bits per heavy atom. The zero-order chi connectivity index (χ0) is 17.7. The SMILES string of the molecule is CCC(NC(=O)CCc1c(C)[nH]c(=S)[nH]c1=O)c1ccc(Br)cc1. The van der Waals surface area contributed by atoms with E-state index in [9.17, 15) is 9.59 Å². The van der Waals surface area contributed by atoms with Crippen molar-refractivity contribution in [2.75, 3.05) is 0 Å². The monoisotopic (exact) mass is 409 g/mol. The molecule has 1 atom stereocenters. The summed E-state index contributed by atoms with van der Waals surface area (Å²) >= 11 is 8.33. The van der Waals surface area contributed by atoms with Gasteiger partial charge in [0.25, 0.3) is 5.56 Å². The molecule has 7 heteroatoms. The fourth-order valence-corrected chi connectivity index (χ4v) is 3.06. The van der Waals surface area contributed by atoms with E-state index in [-0.39, 0.29) is 23.9 Å². The van der Waals surface area contributed by atoms with Gasteiger partial charge in [-0.3, -0.25) is 14.6 Å². The number of aromatic nitrogens is 2. The molecule has 3 N–H and O–H groups in total. The van der Waals surface area contributed by atoms with E-state index in [0.717, 1.165) is 16.5 Å². The predicted octanol–water partition coefficient (Wildman–Crippen LogP) is 3.70. The van der Waals surface area contributed by atoms with E-state index < -0.39 is 0 Å². The molecule has 24 heavy (non-hydrogen) atoms. The Balaban J connectivity index is 2.01. The van der Waals surface area contributed by atoms with Crippen LogP contribution in [0, 0.1) is 11.7 Å². The zero-order valence-electron chi connectivity index (χ0n) is 13.6. The minimum absolute atomic E-state index is 0.0356. The summed E-state index contributed by atoms with van der Waals surface area (Å²) in [4.78, 5) is 29.6. The summed E-state index contributed by atoms with van der Waals surface area (Å²) in [7, 11) is 0. The molecule has 1 aromatic carbocycles.